The highest BCUT2D eigenvalue weighted by molar-refractivity contribution is 9.09. The Morgan fingerprint density at radius 3 is 2.76 bits per heavy atom. The van der Waals surface area contributed by atoms with Crippen molar-refractivity contribution in [2.75, 3.05) is 5.33 Å². The van der Waals surface area contributed by atoms with Gasteiger partial charge in [0, 0.05) is 12.4 Å². The van der Waals surface area contributed by atoms with E-state index < -0.39 is 0 Å². The van der Waals surface area contributed by atoms with Gasteiger partial charge in [-0.05, 0) is 12.8 Å². The minimum absolute atomic E-state index is 0.0219. The summed E-state index contributed by atoms with van der Waals surface area (Å²) in [6, 6.07) is 0. The average molecular weight is 300 g/mol. The van der Waals surface area contributed by atoms with E-state index in [2.05, 4.69) is 26.2 Å². The van der Waals surface area contributed by atoms with Crippen LogP contribution in [0.1, 0.15) is 42.6 Å². The third-order valence-electron chi connectivity index (χ3n) is 3.49. The van der Waals surface area contributed by atoms with E-state index >= 15 is 0 Å². The smallest absolute Gasteiger partial charge is 0.270 e. The Balaban J connectivity index is 2.08. The molecule has 0 saturated heterocycles. The fraction of sp³-hybridized carbons (Fsp3) is 0.667. The number of hydrogen-bond acceptors (Lipinski definition) is 2. The number of nitrogens with one attached hydrogen (secondary N) is 1. The lowest BCUT2D eigenvalue weighted by Crippen LogP contribution is -2.51. The van der Waals surface area contributed by atoms with Crippen LogP contribution in [0.4, 0.5) is 0 Å². The predicted octanol–water partition coefficient (Wildman–Crippen LogP) is 2.25. The van der Waals surface area contributed by atoms with Gasteiger partial charge in [-0.15, -0.1) is 0 Å². The first kappa shape index (κ1) is 12.6. The Kier molecular flexibility index (Phi) is 3.86. The predicted molar refractivity (Wildman–Crippen MR) is 70.3 cm³/mol. The van der Waals surface area contributed by atoms with Crippen molar-refractivity contribution in [1.82, 2.24) is 14.9 Å². The molecule has 0 atom stereocenters. The third-order valence-corrected chi connectivity index (χ3v) is 4.57. The van der Waals surface area contributed by atoms with Crippen molar-refractivity contribution in [2.45, 2.75) is 37.6 Å². The normalized spacial score (nSPS) is 18.9. The molecule has 0 unspecified atom stereocenters. The summed E-state index contributed by atoms with van der Waals surface area (Å²) in [5.74, 6) is -0.0219. The second kappa shape index (κ2) is 5.21. The third kappa shape index (κ3) is 2.70. The first-order chi connectivity index (χ1) is 8.17. The van der Waals surface area contributed by atoms with Crippen molar-refractivity contribution in [2.24, 2.45) is 7.05 Å². The summed E-state index contributed by atoms with van der Waals surface area (Å²) in [6.45, 7) is 0. The minimum atomic E-state index is -0.0698. The first-order valence-corrected chi connectivity index (χ1v) is 7.14. The van der Waals surface area contributed by atoms with Crippen LogP contribution in [0.15, 0.2) is 12.5 Å². The average Bonchev–Trinajstić information content (AvgIpc) is 2.77. The molecule has 0 aromatic carbocycles. The summed E-state index contributed by atoms with van der Waals surface area (Å²) in [5.41, 5.74) is 0.551. The summed E-state index contributed by atoms with van der Waals surface area (Å²) in [7, 11) is 1.84. The number of imidazole rings is 1. The van der Waals surface area contributed by atoms with E-state index in [9.17, 15) is 4.79 Å². The van der Waals surface area contributed by atoms with Gasteiger partial charge in [0.2, 0.25) is 0 Å². The summed E-state index contributed by atoms with van der Waals surface area (Å²) in [4.78, 5) is 16.1. The van der Waals surface area contributed by atoms with Gasteiger partial charge in [0.1, 0.15) is 5.69 Å². The number of nitrogens with zero attached hydrogens (tertiary/aromatic N) is 2. The van der Waals surface area contributed by atoms with Gasteiger partial charge < -0.3 is 9.88 Å². The van der Waals surface area contributed by atoms with Gasteiger partial charge in [-0.25, -0.2) is 4.98 Å². The maximum atomic E-state index is 12.2. The van der Waals surface area contributed by atoms with Crippen molar-refractivity contribution >= 4 is 21.8 Å². The standard InChI is InChI=1S/C12H18BrN3O/c1-16-9-14-7-10(16)11(17)15-12(8-13)5-3-2-4-6-12/h7,9H,2-6,8H2,1H3,(H,15,17). The van der Waals surface area contributed by atoms with Gasteiger partial charge in [0.25, 0.3) is 5.91 Å². The monoisotopic (exact) mass is 299 g/mol. The van der Waals surface area contributed by atoms with Crippen molar-refractivity contribution < 1.29 is 4.79 Å². The van der Waals surface area contributed by atoms with Crippen molar-refractivity contribution in [1.29, 1.82) is 0 Å². The van der Waals surface area contributed by atoms with E-state index in [0.29, 0.717) is 5.69 Å². The number of aromatic nitrogens is 2. The van der Waals surface area contributed by atoms with Crippen LogP contribution in [0.3, 0.4) is 0 Å². The molecular weight excluding hydrogens is 282 g/mol. The van der Waals surface area contributed by atoms with Crippen LogP contribution >= 0.6 is 15.9 Å². The van der Waals surface area contributed by atoms with Crippen LogP contribution in [-0.4, -0.2) is 26.3 Å². The molecule has 1 aromatic rings. The fourth-order valence-corrected chi connectivity index (χ4v) is 3.10. The summed E-state index contributed by atoms with van der Waals surface area (Å²) < 4.78 is 1.75. The molecular formula is C12H18BrN3O. The summed E-state index contributed by atoms with van der Waals surface area (Å²) in [5, 5.41) is 4.00. The fourth-order valence-electron chi connectivity index (χ4n) is 2.40. The first-order valence-electron chi connectivity index (χ1n) is 6.02. The van der Waals surface area contributed by atoms with Crippen LogP contribution < -0.4 is 5.32 Å². The largest absolute Gasteiger partial charge is 0.344 e. The quantitative estimate of drug-likeness (QED) is 0.870. The molecule has 1 aromatic heterocycles. The van der Waals surface area contributed by atoms with Gasteiger partial charge >= 0.3 is 0 Å². The molecule has 0 bridgehead atoms. The molecule has 17 heavy (non-hydrogen) atoms. The highest BCUT2D eigenvalue weighted by Crippen LogP contribution is 2.30. The van der Waals surface area contributed by atoms with Crippen LogP contribution in [0.2, 0.25) is 0 Å². The van der Waals surface area contributed by atoms with E-state index in [1.54, 1.807) is 17.1 Å². The number of carbonyl (C=O) groups is 1. The van der Waals surface area contributed by atoms with Crippen LogP contribution in [-0.2, 0) is 7.05 Å². The van der Waals surface area contributed by atoms with Gasteiger partial charge in [-0.3, -0.25) is 4.79 Å². The van der Waals surface area contributed by atoms with Crippen molar-refractivity contribution in [3.63, 3.8) is 0 Å². The van der Waals surface area contributed by atoms with Gasteiger partial charge in [0.15, 0.2) is 0 Å². The SMILES string of the molecule is Cn1cncc1C(=O)NC1(CBr)CCCCC1. The van der Waals surface area contributed by atoms with E-state index in [-0.39, 0.29) is 11.4 Å². The van der Waals surface area contributed by atoms with Crippen molar-refractivity contribution in [3.8, 4) is 0 Å². The molecule has 2 rings (SSSR count). The van der Waals surface area contributed by atoms with Crippen molar-refractivity contribution in [3.05, 3.63) is 18.2 Å². The number of amides is 1. The molecule has 0 radical (unpaired) electrons. The lowest BCUT2D eigenvalue weighted by atomic mass is 9.83. The number of rotatable bonds is 3. The van der Waals surface area contributed by atoms with Gasteiger partial charge in [-0.1, -0.05) is 35.2 Å². The molecule has 1 fully saturated rings. The molecule has 94 valence electrons. The number of alkyl halides is 1. The highest BCUT2D eigenvalue weighted by atomic mass is 79.9. The highest BCUT2D eigenvalue weighted by Gasteiger charge is 2.33. The van der Waals surface area contributed by atoms with Crippen LogP contribution in [0, 0.1) is 0 Å². The lowest BCUT2D eigenvalue weighted by Gasteiger charge is -2.36. The van der Waals surface area contributed by atoms with Crippen LogP contribution in [0.25, 0.3) is 0 Å². The molecule has 4 nitrogen and oxygen atoms in total. The zero-order valence-corrected chi connectivity index (χ0v) is 11.7. The molecule has 1 heterocycles. The molecule has 5 heteroatoms. The zero-order chi connectivity index (χ0) is 12.3. The second-order valence-electron chi connectivity index (χ2n) is 4.82. The molecule has 0 spiro atoms. The molecule has 1 amide bonds. The molecule has 1 aliphatic carbocycles. The van der Waals surface area contributed by atoms with Gasteiger partial charge in [-0.2, -0.15) is 0 Å². The Bertz CT molecular complexity index is 396. The summed E-state index contributed by atoms with van der Waals surface area (Å²) >= 11 is 3.54. The summed E-state index contributed by atoms with van der Waals surface area (Å²) in [6.07, 6.45) is 9.03. The lowest BCUT2D eigenvalue weighted by molar-refractivity contribution is 0.0878. The molecule has 1 N–H and O–H groups in total. The maximum absolute atomic E-state index is 12.2. The van der Waals surface area contributed by atoms with Gasteiger partial charge in [0.05, 0.1) is 18.1 Å². The van der Waals surface area contributed by atoms with Crippen LogP contribution in [0.5, 0.6) is 0 Å². The van der Waals surface area contributed by atoms with E-state index in [4.69, 9.17) is 0 Å². The number of halogens is 1. The molecule has 0 aliphatic heterocycles. The minimum Gasteiger partial charge on any atom is -0.344 e. The Hall–Kier alpha value is -0.840. The number of hydrogen-bond donors (Lipinski definition) is 1. The molecule has 1 aliphatic rings. The molecule has 1 saturated carbocycles. The number of aryl methyl sites for hydroxylation is 1. The van der Waals surface area contributed by atoms with E-state index in [0.717, 1.165) is 18.2 Å². The van der Waals surface area contributed by atoms with E-state index in [1.807, 2.05) is 7.05 Å². The Labute approximate surface area is 110 Å². The second-order valence-corrected chi connectivity index (χ2v) is 5.38. The Morgan fingerprint density at radius 2 is 2.24 bits per heavy atom. The zero-order valence-electron chi connectivity index (χ0n) is 10.1. The maximum Gasteiger partial charge on any atom is 0.270 e. The topological polar surface area (TPSA) is 46.9 Å². The van der Waals surface area contributed by atoms with E-state index in [1.165, 1.54) is 19.3 Å². The Morgan fingerprint density at radius 1 is 1.53 bits per heavy atom. The number of carbonyl (C=O) groups excluding carboxylic acids is 1.